The number of halogens is 1. The largest absolute Gasteiger partial charge is 0.306 e. The van der Waals surface area contributed by atoms with E-state index in [1.54, 1.807) is 23.1 Å². The Balaban J connectivity index is 1.72. The van der Waals surface area contributed by atoms with Crippen LogP contribution < -0.4 is 0 Å². The Bertz CT molecular complexity index is 547. The normalized spacial score (nSPS) is 15.2. The highest BCUT2D eigenvalue weighted by Crippen LogP contribution is 2.40. The summed E-state index contributed by atoms with van der Waals surface area (Å²) in [5.74, 6) is 2.68. The molecule has 7 heteroatoms. The molecule has 0 unspecified atom stereocenters. The summed E-state index contributed by atoms with van der Waals surface area (Å²) >= 11 is 6.83. The zero-order valence-corrected chi connectivity index (χ0v) is 13.2. The molecule has 0 saturated heterocycles. The van der Waals surface area contributed by atoms with Gasteiger partial charge < -0.3 is 4.57 Å². The monoisotopic (exact) mass is 344 g/mol. The molecule has 18 heavy (non-hydrogen) atoms. The predicted octanol–water partition coefficient (Wildman–Crippen LogP) is 3.69. The van der Waals surface area contributed by atoms with Gasteiger partial charge in [0.05, 0.1) is 15.7 Å². The molecule has 0 aliphatic heterocycles. The third-order valence-corrected chi connectivity index (χ3v) is 5.49. The van der Waals surface area contributed by atoms with Crippen LogP contribution in [-0.2, 0) is 12.3 Å². The van der Waals surface area contributed by atoms with E-state index in [9.17, 15) is 0 Å². The number of nitrogens with zero attached hydrogens (tertiary/aromatic N) is 4. The van der Waals surface area contributed by atoms with Crippen LogP contribution in [0.3, 0.4) is 0 Å². The van der Waals surface area contributed by atoms with E-state index < -0.39 is 0 Å². The second-order valence-electron chi connectivity index (χ2n) is 4.21. The van der Waals surface area contributed by atoms with Crippen LogP contribution in [0.4, 0.5) is 0 Å². The van der Waals surface area contributed by atoms with Crippen molar-refractivity contribution in [1.82, 2.24) is 19.7 Å². The number of rotatable bonds is 5. The molecule has 2 aromatic heterocycles. The van der Waals surface area contributed by atoms with Crippen molar-refractivity contribution >= 4 is 39.0 Å². The summed E-state index contributed by atoms with van der Waals surface area (Å²) < 4.78 is 3.32. The molecular formula is C11H13BrN4S2. The topological polar surface area (TPSA) is 43.6 Å². The molecular weight excluding hydrogens is 332 g/mol. The summed E-state index contributed by atoms with van der Waals surface area (Å²) in [7, 11) is 0. The van der Waals surface area contributed by atoms with Crippen molar-refractivity contribution in [2.24, 2.45) is 0 Å². The van der Waals surface area contributed by atoms with Gasteiger partial charge >= 0.3 is 0 Å². The van der Waals surface area contributed by atoms with E-state index in [0.717, 1.165) is 26.2 Å². The molecule has 0 N–H and O–H groups in total. The van der Waals surface area contributed by atoms with Gasteiger partial charge in [-0.05, 0) is 35.7 Å². The fourth-order valence-electron chi connectivity index (χ4n) is 1.83. The molecule has 0 radical (unpaired) electrons. The SMILES string of the molecule is CCn1c(SCc2ncc(Br)s2)nnc1C1CC1. The first kappa shape index (κ1) is 12.6. The predicted molar refractivity (Wildman–Crippen MR) is 77.0 cm³/mol. The number of aromatic nitrogens is 4. The van der Waals surface area contributed by atoms with Crippen molar-refractivity contribution in [1.29, 1.82) is 0 Å². The lowest BCUT2D eigenvalue weighted by Gasteiger charge is -2.05. The maximum Gasteiger partial charge on any atom is 0.191 e. The second-order valence-corrected chi connectivity index (χ2v) is 7.64. The first-order valence-corrected chi connectivity index (χ1v) is 8.53. The quantitative estimate of drug-likeness (QED) is 0.776. The minimum atomic E-state index is 0.654. The fourth-order valence-corrected chi connectivity index (χ4v) is 4.14. The molecule has 0 aromatic carbocycles. The Morgan fingerprint density at radius 2 is 2.33 bits per heavy atom. The Morgan fingerprint density at radius 3 is 2.94 bits per heavy atom. The molecule has 96 valence electrons. The zero-order chi connectivity index (χ0) is 12.5. The smallest absolute Gasteiger partial charge is 0.191 e. The third-order valence-electron chi connectivity index (χ3n) is 2.85. The molecule has 2 aromatic rings. The van der Waals surface area contributed by atoms with Crippen molar-refractivity contribution in [3.8, 4) is 0 Å². The van der Waals surface area contributed by atoms with Crippen molar-refractivity contribution in [3.63, 3.8) is 0 Å². The number of hydrogen-bond donors (Lipinski definition) is 0. The van der Waals surface area contributed by atoms with E-state index in [0.29, 0.717) is 5.92 Å². The highest BCUT2D eigenvalue weighted by molar-refractivity contribution is 9.11. The van der Waals surface area contributed by atoms with E-state index in [2.05, 4.69) is 42.6 Å². The first-order valence-electron chi connectivity index (χ1n) is 5.94. The van der Waals surface area contributed by atoms with Crippen molar-refractivity contribution < 1.29 is 0 Å². The number of thiazole rings is 1. The van der Waals surface area contributed by atoms with E-state index in [4.69, 9.17) is 0 Å². The van der Waals surface area contributed by atoms with Crippen LogP contribution in [0.25, 0.3) is 0 Å². The minimum absolute atomic E-state index is 0.654. The Morgan fingerprint density at radius 1 is 1.50 bits per heavy atom. The molecule has 1 aliphatic carbocycles. The van der Waals surface area contributed by atoms with Gasteiger partial charge in [-0.1, -0.05) is 11.8 Å². The van der Waals surface area contributed by atoms with Crippen LogP contribution in [0, 0.1) is 0 Å². The van der Waals surface area contributed by atoms with E-state index >= 15 is 0 Å². The highest BCUT2D eigenvalue weighted by atomic mass is 79.9. The van der Waals surface area contributed by atoms with Crippen molar-refractivity contribution in [2.45, 2.75) is 43.1 Å². The van der Waals surface area contributed by atoms with Crippen LogP contribution in [0.2, 0.25) is 0 Å². The highest BCUT2D eigenvalue weighted by Gasteiger charge is 2.29. The Hall–Kier alpha value is -0.400. The molecule has 1 fully saturated rings. The maximum atomic E-state index is 4.33. The van der Waals surface area contributed by atoms with E-state index in [-0.39, 0.29) is 0 Å². The van der Waals surface area contributed by atoms with Gasteiger partial charge in [-0.15, -0.1) is 21.5 Å². The van der Waals surface area contributed by atoms with Crippen LogP contribution in [0.1, 0.15) is 36.5 Å². The summed E-state index contributed by atoms with van der Waals surface area (Å²) in [6, 6.07) is 0. The summed E-state index contributed by atoms with van der Waals surface area (Å²) in [6.07, 6.45) is 4.38. The van der Waals surface area contributed by atoms with Gasteiger partial charge in [-0.3, -0.25) is 0 Å². The molecule has 1 saturated carbocycles. The fraction of sp³-hybridized carbons (Fsp3) is 0.545. The maximum absolute atomic E-state index is 4.33. The molecule has 0 bridgehead atoms. The van der Waals surface area contributed by atoms with E-state index in [1.165, 1.54) is 18.7 Å². The van der Waals surface area contributed by atoms with Gasteiger partial charge in [0.2, 0.25) is 0 Å². The molecule has 0 amide bonds. The average Bonchev–Trinajstić information content (AvgIpc) is 3.00. The van der Waals surface area contributed by atoms with Gasteiger partial charge in [0, 0.05) is 12.5 Å². The standard InChI is InChI=1S/C11H13BrN4S2/c1-2-16-10(7-3-4-7)14-15-11(16)17-6-9-13-5-8(12)18-9/h5,7H,2-4,6H2,1H3. The molecule has 1 aliphatic rings. The molecule has 3 rings (SSSR count). The van der Waals surface area contributed by atoms with Crippen LogP contribution in [0.5, 0.6) is 0 Å². The first-order chi connectivity index (χ1) is 8.78. The van der Waals surface area contributed by atoms with Crippen LogP contribution in [-0.4, -0.2) is 19.7 Å². The van der Waals surface area contributed by atoms with Gasteiger partial charge in [0.1, 0.15) is 10.8 Å². The van der Waals surface area contributed by atoms with Gasteiger partial charge in [0.15, 0.2) is 5.16 Å². The summed E-state index contributed by atoms with van der Waals surface area (Å²) in [5, 5.41) is 10.8. The zero-order valence-electron chi connectivity index (χ0n) is 9.97. The Kier molecular flexibility index (Phi) is 3.72. The van der Waals surface area contributed by atoms with Crippen LogP contribution >= 0.6 is 39.0 Å². The summed E-state index contributed by atoms with van der Waals surface area (Å²) in [6.45, 7) is 3.10. The average molecular weight is 345 g/mol. The summed E-state index contributed by atoms with van der Waals surface area (Å²) in [5.41, 5.74) is 0. The van der Waals surface area contributed by atoms with E-state index in [1.807, 2.05) is 6.20 Å². The van der Waals surface area contributed by atoms with Gasteiger partial charge in [-0.2, -0.15) is 0 Å². The lowest BCUT2D eigenvalue weighted by molar-refractivity contribution is 0.643. The molecule has 0 spiro atoms. The molecule has 0 atom stereocenters. The Labute approximate surface area is 122 Å². The lowest BCUT2D eigenvalue weighted by Crippen LogP contribution is -2.01. The second kappa shape index (κ2) is 5.30. The van der Waals surface area contributed by atoms with Crippen molar-refractivity contribution in [2.75, 3.05) is 0 Å². The minimum Gasteiger partial charge on any atom is -0.306 e. The van der Waals surface area contributed by atoms with Crippen LogP contribution in [0.15, 0.2) is 15.1 Å². The van der Waals surface area contributed by atoms with Gasteiger partial charge in [0.25, 0.3) is 0 Å². The number of thioether (sulfide) groups is 1. The lowest BCUT2D eigenvalue weighted by atomic mass is 10.4. The van der Waals surface area contributed by atoms with Gasteiger partial charge in [-0.25, -0.2) is 4.98 Å². The van der Waals surface area contributed by atoms with Crippen molar-refractivity contribution in [3.05, 3.63) is 20.8 Å². The molecule has 2 heterocycles. The third kappa shape index (κ3) is 2.62. The summed E-state index contributed by atoms with van der Waals surface area (Å²) in [4.78, 5) is 4.33. The number of hydrogen-bond acceptors (Lipinski definition) is 5. The molecule has 4 nitrogen and oxygen atoms in total.